The third-order valence-electron chi connectivity index (χ3n) is 7.60. The number of benzene rings is 2. The number of hydrogen-bond acceptors (Lipinski definition) is 3. The first-order valence-electron chi connectivity index (χ1n) is 12.4. The van der Waals surface area contributed by atoms with Crippen molar-refractivity contribution >= 4 is 19.7 Å². The molecule has 0 amide bonds. The Labute approximate surface area is 233 Å². The number of sulfonamides is 1. The van der Waals surface area contributed by atoms with Gasteiger partial charge in [0.05, 0.1) is 0 Å². The molecule has 36 heavy (non-hydrogen) atoms. The summed E-state index contributed by atoms with van der Waals surface area (Å²) in [6, 6.07) is 15.3. The summed E-state index contributed by atoms with van der Waals surface area (Å²) in [6.45, 7) is 11.5. The molecule has 1 N–H and O–H groups in total. The molecule has 2 aromatic carbocycles. The number of rotatable bonds is 7. The van der Waals surface area contributed by atoms with Crippen LogP contribution in [0.3, 0.4) is 0 Å². The second-order valence-electron chi connectivity index (χ2n) is 9.76. The predicted octanol–water partition coefficient (Wildman–Crippen LogP) is 7.16. The molecule has 0 saturated heterocycles. The summed E-state index contributed by atoms with van der Waals surface area (Å²) in [4.78, 5) is 0.278. The van der Waals surface area contributed by atoms with E-state index in [0.717, 1.165) is 31.2 Å². The first-order chi connectivity index (χ1) is 17.2. The summed E-state index contributed by atoms with van der Waals surface area (Å²) >= 11 is 2.02. The van der Waals surface area contributed by atoms with Crippen molar-refractivity contribution in [2.24, 2.45) is 0 Å². The Morgan fingerprint density at radius 3 is 2.08 bits per heavy atom. The molecule has 0 unspecified atom stereocenters. The van der Waals surface area contributed by atoms with Crippen LogP contribution in [0.25, 0.3) is 4.72 Å². The van der Waals surface area contributed by atoms with Gasteiger partial charge < -0.3 is 10.0 Å². The molecule has 0 heterocycles. The van der Waals surface area contributed by atoms with Crippen LogP contribution >= 0.6 is 9.69 Å². The number of halogens is 1. The first-order valence-corrected chi connectivity index (χ1v) is 15.9. The van der Waals surface area contributed by atoms with Crippen LogP contribution in [0.15, 0.2) is 53.4 Å². The zero-order valence-electron chi connectivity index (χ0n) is 21.7. The van der Waals surface area contributed by atoms with E-state index in [2.05, 4.69) is 71.7 Å². The topological polar surface area (TPSA) is 60.3 Å². The van der Waals surface area contributed by atoms with Crippen molar-refractivity contribution < 1.29 is 25.7 Å². The van der Waals surface area contributed by atoms with Crippen molar-refractivity contribution in [1.82, 2.24) is 5.32 Å². The minimum absolute atomic E-state index is 0.0485. The van der Waals surface area contributed by atoms with Crippen LogP contribution < -0.4 is 5.32 Å². The van der Waals surface area contributed by atoms with Crippen LogP contribution in [0.1, 0.15) is 70.1 Å². The van der Waals surface area contributed by atoms with E-state index in [1.54, 1.807) is 12.1 Å². The van der Waals surface area contributed by atoms with Crippen LogP contribution in [-0.4, -0.2) is 20.5 Å². The average molecular weight is 615 g/mol. The summed E-state index contributed by atoms with van der Waals surface area (Å²) in [5, 5.41) is 3.68. The molecular weight excluding hydrogens is 579 g/mol. The van der Waals surface area contributed by atoms with Gasteiger partial charge in [0.1, 0.15) is 10.0 Å². The van der Waals surface area contributed by atoms with E-state index in [1.165, 1.54) is 40.7 Å². The molecule has 2 atom stereocenters. The van der Waals surface area contributed by atoms with Crippen LogP contribution in [0.2, 0.25) is 0 Å². The van der Waals surface area contributed by atoms with Crippen molar-refractivity contribution in [2.75, 3.05) is 0 Å². The molecule has 0 aromatic heterocycles. The van der Waals surface area contributed by atoms with Gasteiger partial charge in [0, 0.05) is 17.4 Å². The molecule has 2 saturated carbocycles. The van der Waals surface area contributed by atoms with Gasteiger partial charge in [0.2, 0.25) is 0 Å². The fourth-order valence-corrected chi connectivity index (χ4v) is 6.42. The van der Waals surface area contributed by atoms with Gasteiger partial charge in [-0.05, 0) is 66.3 Å². The maximum absolute atomic E-state index is 13.0. The molecule has 2 aliphatic rings. The van der Waals surface area contributed by atoms with E-state index < -0.39 is 10.0 Å². The number of nitrogens with zero attached hydrogens (tertiary/aromatic N) is 1. The summed E-state index contributed by atoms with van der Waals surface area (Å²) in [5.41, 5.74) is 3.54. The van der Waals surface area contributed by atoms with E-state index in [4.69, 9.17) is 0 Å². The zero-order valence-corrected chi connectivity index (χ0v) is 24.9. The fourth-order valence-electron chi connectivity index (χ4n) is 5.21. The van der Waals surface area contributed by atoms with Gasteiger partial charge in [-0.1, -0.05) is 88.9 Å². The Morgan fingerprint density at radius 1 is 0.861 bits per heavy atom. The Balaban J connectivity index is 0.00000176. The third kappa shape index (κ3) is 6.80. The van der Waals surface area contributed by atoms with Crippen LogP contribution in [0.5, 0.6) is 0 Å². The maximum atomic E-state index is 13.0. The standard InChI is InChI=1S/C29H36N2O2S.ClH.Rh/c1-19-14-16-25(17-15-19)34(32,33)31-28-13-9-8-12-27(28)30-18-24-10-6-7-11-26(24)29-22(4)20(2)21(3)23(29)5;;/h6-7,10-11,14-17,27-28,30H,8-9,12-13,18H2,1-5H3;1H;/q-1;;+3/p-1/t27-,28-;;/m1../s1. The van der Waals surface area contributed by atoms with Crippen molar-refractivity contribution in [3.63, 3.8) is 0 Å². The Morgan fingerprint density at radius 2 is 1.44 bits per heavy atom. The normalized spacial score (nSPS) is 23.0. The second-order valence-corrected chi connectivity index (χ2v) is 11.4. The fraction of sp³-hybridized carbons (Fsp3) is 0.414. The average Bonchev–Trinajstić information content (AvgIpc) is 3.07. The number of nitrogens with one attached hydrogen (secondary N) is 1. The van der Waals surface area contributed by atoms with Crippen LogP contribution in [0, 0.1) is 36.5 Å². The van der Waals surface area contributed by atoms with Crippen LogP contribution in [0.4, 0.5) is 0 Å². The van der Waals surface area contributed by atoms with Crippen molar-refractivity contribution in [2.45, 2.75) is 83.8 Å². The monoisotopic (exact) mass is 614 g/mol. The summed E-state index contributed by atoms with van der Waals surface area (Å²) in [6.07, 6.45) is 3.84. The molecule has 195 valence electrons. The van der Waals surface area contributed by atoms with Gasteiger partial charge in [0.15, 0.2) is 0 Å². The molecule has 0 spiro atoms. The molecule has 5 radical (unpaired) electrons. The van der Waals surface area contributed by atoms with Crippen LogP contribution in [-0.2, 0) is 33.9 Å². The van der Waals surface area contributed by atoms with Gasteiger partial charge in [-0.15, -0.1) is 6.04 Å². The van der Waals surface area contributed by atoms with E-state index in [1.807, 2.05) is 36.4 Å². The van der Waals surface area contributed by atoms with Crippen molar-refractivity contribution in [1.29, 1.82) is 0 Å². The Kier molecular flexibility index (Phi) is 11.0. The molecule has 2 fully saturated rings. The number of hydrogen-bond donors (Lipinski definition) is 1. The molecule has 7 heteroatoms. The molecule has 0 bridgehead atoms. The molecule has 2 aromatic rings. The minimum atomic E-state index is -3.67. The van der Waals surface area contributed by atoms with Crippen molar-refractivity contribution in [3.8, 4) is 0 Å². The number of aryl methyl sites for hydroxylation is 1. The van der Waals surface area contributed by atoms with Crippen molar-refractivity contribution in [3.05, 3.63) is 99.5 Å². The van der Waals surface area contributed by atoms with Gasteiger partial charge in [0.25, 0.3) is 0 Å². The molecular formula is C29H36ClN2O2RhS+. The Bertz CT molecular complexity index is 1060. The first kappa shape index (κ1) is 29.8. The quantitative estimate of drug-likeness (QED) is 0.337. The summed E-state index contributed by atoms with van der Waals surface area (Å²) in [5.74, 6) is 6.75. The SMILES string of the molecule is C[C]1[C](C)[C](C)[C](c2ccccc2CN[C@@H]2CCCC[C@H]2[N-]S(=O)(=O)c2ccc(C)cc2)[C]1C.[Cl][Rh+2]. The van der Waals surface area contributed by atoms with Gasteiger partial charge in [-0.25, -0.2) is 8.42 Å². The molecule has 2 aliphatic carbocycles. The third-order valence-corrected chi connectivity index (χ3v) is 9.02. The van der Waals surface area contributed by atoms with E-state index in [-0.39, 0.29) is 17.0 Å². The Hall–Kier alpha value is -0.777. The second kappa shape index (κ2) is 13.3. The summed E-state index contributed by atoms with van der Waals surface area (Å²) in [7, 11) is 0.857. The molecule has 4 nitrogen and oxygen atoms in total. The predicted molar refractivity (Wildman–Crippen MR) is 145 cm³/mol. The van der Waals surface area contributed by atoms with E-state index >= 15 is 0 Å². The van der Waals surface area contributed by atoms with E-state index in [0.29, 0.717) is 6.54 Å². The van der Waals surface area contributed by atoms with Gasteiger partial charge in [-0.2, -0.15) is 0 Å². The zero-order chi connectivity index (χ0) is 26.5. The van der Waals surface area contributed by atoms with E-state index in [9.17, 15) is 8.42 Å². The van der Waals surface area contributed by atoms with Gasteiger partial charge >= 0.3 is 27.0 Å². The molecule has 4 rings (SSSR count). The summed E-state index contributed by atoms with van der Waals surface area (Å²) < 4.78 is 30.4. The molecule has 0 aliphatic heterocycles. The van der Waals surface area contributed by atoms with Gasteiger partial charge in [-0.3, -0.25) is 0 Å².